The smallest absolute Gasteiger partial charge is 0.275 e. The van der Waals surface area contributed by atoms with Crippen molar-refractivity contribution in [3.8, 4) is 5.75 Å². The van der Waals surface area contributed by atoms with E-state index < -0.39 is 0 Å². The number of carbonyl (C=O) groups is 1. The van der Waals surface area contributed by atoms with Crippen LogP contribution in [0, 0.1) is 0 Å². The highest BCUT2D eigenvalue weighted by Crippen LogP contribution is 2.30. The molecule has 0 saturated heterocycles. The predicted molar refractivity (Wildman–Crippen MR) is 84.0 cm³/mol. The number of para-hydroxylation sites is 1. The SMILES string of the molecule is CN(CCOc1ccccc1C(C)(C)C)C(=O)c1cn[nH]n1. The van der Waals surface area contributed by atoms with E-state index >= 15 is 0 Å². The summed E-state index contributed by atoms with van der Waals surface area (Å²) < 4.78 is 5.86. The maximum absolute atomic E-state index is 12.0. The molecule has 0 saturated carbocycles. The molecule has 2 aromatic rings. The highest BCUT2D eigenvalue weighted by molar-refractivity contribution is 5.91. The van der Waals surface area contributed by atoms with Crippen molar-refractivity contribution in [1.29, 1.82) is 0 Å². The first-order valence-corrected chi connectivity index (χ1v) is 7.23. The van der Waals surface area contributed by atoms with Gasteiger partial charge in [0.05, 0.1) is 12.7 Å². The fraction of sp³-hybridized carbons (Fsp3) is 0.438. The van der Waals surface area contributed by atoms with Crippen LogP contribution in [-0.2, 0) is 5.41 Å². The van der Waals surface area contributed by atoms with Gasteiger partial charge in [-0.05, 0) is 17.0 Å². The largest absolute Gasteiger partial charge is 0.491 e. The number of aromatic amines is 1. The summed E-state index contributed by atoms with van der Waals surface area (Å²) in [5.41, 5.74) is 1.47. The summed E-state index contributed by atoms with van der Waals surface area (Å²) >= 11 is 0. The second kappa shape index (κ2) is 6.60. The van der Waals surface area contributed by atoms with Crippen LogP contribution in [0.3, 0.4) is 0 Å². The number of nitrogens with zero attached hydrogens (tertiary/aromatic N) is 3. The van der Waals surface area contributed by atoms with Gasteiger partial charge in [-0.15, -0.1) is 0 Å². The monoisotopic (exact) mass is 302 g/mol. The van der Waals surface area contributed by atoms with E-state index in [1.165, 1.54) is 6.20 Å². The lowest BCUT2D eigenvalue weighted by molar-refractivity contribution is 0.0767. The van der Waals surface area contributed by atoms with E-state index in [9.17, 15) is 4.79 Å². The average molecular weight is 302 g/mol. The Morgan fingerprint density at radius 2 is 2.05 bits per heavy atom. The van der Waals surface area contributed by atoms with Crippen molar-refractivity contribution in [2.45, 2.75) is 26.2 Å². The van der Waals surface area contributed by atoms with Gasteiger partial charge in [0.2, 0.25) is 0 Å². The number of carbonyl (C=O) groups excluding carboxylic acids is 1. The van der Waals surface area contributed by atoms with Gasteiger partial charge in [-0.25, -0.2) is 0 Å². The first-order chi connectivity index (χ1) is 10.4. The number of hydrogen-bond donors (Lipinski definition) is 1. The van der Waals surface area contributed by atoms with Gasteiger partial charge in [0, 0.05) is 7.05 Å². The summed E-state index contributed by atoms with van der Waals surface area (Å²) in [6.45, 7) is 7.34. The minimum absolute atomic E-state index is 0.0129. The van der Waals surface area contributed by atoms with Crippen LogP contribution in [0.2, 0.25) is 0 Å². The lowest BCUT2D eigenvalue weighted by atomic mass is 9.86. The third kappa shape index (κ3) is 3.84. The van der Waals surface area contributed by atoms with Gasteiger partial charge in [0.25, 0.3) is 5.91 Å². The maximum Gasteiger partial charge on any atom is 0.275 e. The van der Waals surface area contributed by atoms with E-state index in [0.717, 1.165) is 11.3 Å². The van der Waals surface area contributed by atoms with Crippen molar-refractivity contribution in [2.75, 3.05) is 20.2 Å². The average Bonchev–Trinajstić information content (AvgIpc) is 3.00. The van der Waals surface area contributed by atoms with Crippen molar-refractivity contribution in [3.63, 3.8) is 0 Å². The van der Waals surface area contributed by atoms with Gasteiger partial charge in [-0.3, -0.25) is 4.79 Å². The molecule has 22 heavy (non-hydrogen) atoms. The van der Waals surface area contributed by atoms with E-state index in [1.807, 2.05) is 18.2 Å². The first kappa shape index (κ1) is 16.0. The summed E-state index contributed by atoms with van der Waals surface area (Å²) in [4.78, 5) is 13.6. The second-order valence-electron chi connectivity index (χ2n) is 6.18. The van der Waals surface area contributed by atoms with Gasteiger partial charge in [-0.1, -0.05) is 39.0 Å². The molecule has 6 nitrogen and oxygen atoms in total. The zero-order valence-electron chi connectivity index (χ0n) is 13.5. The highest BCUT2D eigenvalue weighted by Gasteiger charge is 2.19. The van der Waals surface area contributed by atoms with Crippen molar-refractivity contribution in [2.24, 2.45) is 0 Å². The molecule has 1 amide bonds. The molecule has 0 aliphatic carbocycles. The van der Waals surface area contributed by atoms with Gasteiger partial charge in [0.1, 0.15) is 12.4 Å². The van der Waals surface area contributed by atoms with Gasteiger partial charge >= 0.3 is 0 Å². The summed E-state index contributed by atoms with van der Waals surface area (Å²) in [6.07, 6.45) is 1.41. The number of ether oxygens (including phenoxy) is 1. The molecule has 0 spiro atoms. The van der Waals surface area contributed by atoms with E-state index in [1.54, 1.807) is 11.9 Å². The molecule has 0 aliphatic rings. The Bertz CT molecular complexity index is 617. The van der Waals surface area contributed by atoms with Crippen molar-refractivity contribution < 1.29 is 9.53 Å². The van der Waals surface area contributed by atoms with Crippen LogP contribution >= 0.6 is 0 Å². The quantitative estimate of drug-likeness (QED) is 0.919. The topological polar surface area (TPSA) is 71.1 Å². The molecular formula is C16H22N4O2. The van der Waals surface area contributed by atoms with Crippen LogP contribution < -0.4 is 4.74 Å². The fourth-order valence-electron chi connectivity index (χ4n) is 2.11. The molecule has 0 atom stereocenters. The molecule has 6 heteroatoms. The summed E-state index contributed by atoms with van der Waals surface area (Å²) in [6, 6.07) is 7.99. The van der Waals surface area contributed by atoms with E-state index in [2.05, 4.69) is 42.2 Å². The molecule has 0 radical (unpaired) electrons. The van der Waals surface area contributed by atoms with Crippen molar-refractivity contribution in [1.82, 2.24) is 20.3 Å². The molecule has 1 aromatic heterocycles. The van der Waals surface area contributed by atoms with Crippen LogP contribution in [0.25, 0.3) is 0 Å². The highest BCUT2D eigenvalue weighted by atomic mass is 16.5. The molecular weight excluding hydrogens is 280 g/mol. The van der Waals surface area contributed by atoms with Gasteiger partial charge in [0.15, 0.2) is 5.69 Å². The van der Waals surface area contributed by atoms with Crippen LogP contribution in [0.1, 0.15) is 36.8 Å². The van der Waals surface area contributed by atoms with Crippen LogP contribution in [0.4, 0.5) is 0 Å². The number of amides is 1. The number of aromatic nitrogens is 3. The Morgan fingerprint density at radius 1 is 1.32 bits per heavy atom. The Labute approximate surface area is 130 Å². The molecule has 0 unspecified atom stereocenters. The van der Waals surface area contributed by atoms with Crippen molar-refractivity contribution in [3.05, 3.63) is 41.7 Å². The number of likely N-dealkylation sites (N-methyl/N-ethyl adjacent to an activating group) is 1. The van der Waals surface area contributed by atoms with Crippen LogP contribution in [-0.4, -0.2) is 46.4 Å². The maximum atomic E-state index is 12.0. The van der Waals surface area contributed by atoms with Crippen molar-refractivity contribution >= 4 is 5.91 Å². The Hall–Kier alpha value is -2.37. The first-order valence-electron chi connectivity index (χ1n) is 7.23. The van der Waals surface area contributed by atoms with E-state index in [-0.39, 0.29) is 11.3 Å². The summed E-state index contributed by atoms with van der Waals surface area (Å²) in [5, 5.41) is 9.85. The molecule has 1 N–H and O–H groups in total. The van der Waals surface area contributed by atoms with E-state index in [4.69, 9.17) is 4.74 Å². The third-order valence-corrected chi connectivity index (χ3v) is 3.36. The molecule has 0 bridgehead atoms. The Morgan fingerprint density at radius 3 is 2.68 bits per heavy atom. The number of rotatable bonds is 5. The fourth-order valence-corrected chi connectivity index (χ4v) is 2.11. The molecule has 2 rings (SSSR count). The number of nitrogens with one attached hydrogen (secondary N) is 1. The Kier molecular flexibility index (Phi) is 4.80. The molecule has 1 heterocycles. The number of H-pyrrole nitrogens is 1. The number of benzene rings is 1. The van der Waals surface area contributed by atoms with Gasteiger partial charge < -0.3 is 9.64 Å². The lowest BCUT2D eigenvalue weighted by Gasteiger charge is -2.23. The summed E-state index contributed by atoms with van der Waals surface area (Å²) in [5.74, 6) is 0.679. The predicted octanol–water partition coefficient (Wildman–Crippen LogP) is 2.25. The standard InChI is InChI=1S/C16H22N4O2/c1-16(2,3)12-7-5-6-8-14(12)22-10-9-20(4)15(21)13-11-17-19-18-13/h5-8,11H,9-10H2,1-4H3,(H,17,18,19). The number of hydrogen-bond acceptors (Lipinski definition) is 4. The Balaban J connectivity index is 1.93. The molecule has 0 fully saturated rings. The molecule has 0 aliphatic heterocycles. The minimum Gasteiger partial charge on any atom is -0.491 e. The second-order valence-corrected chi connectivity index (χ2v) is 6.18. The van der Waals surface area contributed by atoms with E-state index in [0.29, 0.717) is 18.8 Å². The van der Waals surface area contributed by atoms with Gasteiger partial charge in [-0.2, -0.15) is 15.4 Å². The molecule has 118 valence electrons. The minimum atomic E-state index is -0.179. The normalized spacial score (nSPS) is 11.3. The van der Waals surface area contributed by atoms with Crippen LogP contribution in [0.15, 0.2) is 30.5 Å². The van der Waals surface area contributed by atoms with Crippen LogP contribution in [0.5, 0.6) is 5.75 Å². The molecule has 1 aromatic carbocycles. The zero-order chi connectivity index (χ0) is 16.2. The summed E-state index contributed by atoms with van der Waals surface area (Å²) in [7, 11) is 1.72. The third-order valence-electron chi connectivity index (χ3n) is 3.36. The zero-order valence-corrected chi connectivity index (χ0v) is 13.5. The lowest BCUT2D eigenvalue weighted by Crippen LogP contribution is -2.31.